The van der Waals surface area contributed by atoms with Gasteiger partial charge in [0.25, 0.3) is 0 Å². The summed E-state index contributed by atoms with van der Waals surface area (Å²) in [5, 5.41) is 3.23. The van der Waals surface area contributed by atoms with E-state index in [4.69, 9.17) is 4.74 Å². The fraction of sp³-hybridized carbons (Fsp3) is 0.625. The summed E-state index contributed by atoms with van der Waals surface area (Å²) >= 11 is 0. The van der Waals surface area contributed by atoms with Crippen molar-refractivity contribution < 1.29 is 9.13 Å². The minimum absolute atomic E-state index is 0.0415. The lowest BCUT2D eigenvalue weighted by atomic mass is 10.0. The maximum atomic E-state index is 13.9. The number of benzene rings is 1. The van der Waals surface area contributed by atoms with Gasteiger partial charge in [0.2, 0.25) is 0 Å². The second-order valence-electron chi connectivity index (χ2n) is 5.32. The third-order valence-corrected chi connectivity index (χ3v) is 4.01. The molecule has 1 fully saturated rings. The van der Waals surface area contributed by atoms with Gasteiger partial charge in [0.05, 0.1) is 6.10 Å². The molecule has 0 radical (unpaired) electrons. The molecule has 1 N–H and O–H groups in total. The molecule has 1 aliphatic rings. The molecule has 1 atom stereocenters. The number of nitrogens with one attached hydrogen (secondary N) is 1. The molecule has 0 aliphatic carbocycles. The van der Waals surface area contributed by atoms with Crippen LogP contribution in [0.1, 0.15) is 31.4 Å². The molecule has 1 unspecified atom stereocenters. The maximum absolute atomic E-state index is 13.9. The molecule has 1 saturated heterocycles. The molecule has 20 heavy (non-hydrogen) atoms. The standard InChI is InChI=1S/C16H25FN2O/c1-3-20-13-8-10-19(11-9-13)12-16(18-2)14-6-4-5-7-15(14)17/h4-7,13,16,18H,3,8-12H2,1-2H3. The minimum atomic E-state index is -0.129. The van der Waals surface area contributed by atoms with Crippen molar-refractivity contribution in [2.45, 2.75) is 31.9 Å². The van der Waals surface area contributed by atoms with Crippen LogP contribution in [0, 0.1) is 5.82 Å². The first-order chi connectivity index (χ1) is 9.74. The van der Waals surface area contributed by atoms with Crippen LogP contribution in [0.2, 0.25) is 0 Å². The lowest BCUT2D eigenvalue weighted by Crippen LogP contribution is -2.41. The third-order valence-electron chi connectivity index (χ3n) is 4.01. The summed E-state index contributed by atoms with van der Waals surface area (Å²) in [4.78, 5) is 2.39. The smallest absolute Gasteiger partial charge is 0.128 e. The molecular weight excluding hydrogens is 255 g/mol. The Balaban J connectivity index is 1.90. The molecule has 1 aromatic rings. The van der Waals surface area contributed by atoms with E-state index in [1.165, 1.54) is 6.07 Å². The molecule has 0 bridgehead atoms. The first-order valence-corrected chi connectivity index (χ1v) is 7.50. The molecule has 0 spiro atoms. The van der Waals surface area contributed by atoms with E-state index < -0.39 is 0 Å². The summed E-state index contributed by atoms with van der Waals surface area (Å²) in [7, 11) is 1.89. The van der Waals surface area contributed by atoms with E-state index in [2.05, 4.69) is 10.2 Å². The quantitative estimate of drug-likeness (QED) is 0.867. The van der Waals surface area contributed by atoms with Crippen LogP contribution in [-0.4, -0.2) is 44.3 Å². The largest absolute Gasteiger partial charge is 0.378 e. The van der Waals surface area contributed by atoms with Crippen molar-refractivity contribution in [1.29, 1.82) is 0 Å². The Morgan fingerprint density at radius 1 is 1.35 bits per heavy atom. The summed E-state index contributed by atoms with van der Waals surface area (Å²) in [6.45, 7) is 5.73. The topological polar surface area (TPSA) is 24.5 Å². The molecule has 4 heteroatoms. The van der Waals surface area contributed by atoms with Gasteiger partial charge < -0.3 is 15.0 Å². The van der Waals surface area contributed by atoms with Crippen molar-refractivity contribution in [2.24, 2.45) is 0 Å². The van der Waals surface area contributed by atoms with Crippen molar-refractivity contribution >= 4 is 0 Å². The van der Waals surface area contributed by atoms with E-state index >= 15 is 0 Å². The van der Waals surface area contributed by atoms with Gasteiger partial charge in [-0.25, -0.2) is 4.39 Å². The zero-order valence-corrected chi connectivity index (χ0v) is 12.4. The predicted octanol–water partition coefficient (Wildman–Crippen LogP) is 2.59. The van der Waals surface area contributed by atoms with Crippen LogP contribution < -0.4 is 5.32 Å². The SMILES string of the molecule is CCOC1CCN(CC(NC)c2ccccc2F)CC1. The highest BCUT2D eigenvalue weighted by atomic mass is 19.1. The average molecular weight is 280 g/mol. The summed E-state index contributed by atoms with van der Waals surface area (Å²) in [6, 6.07) is 7.06. The van der Waals surface area contributed by atoms with E-state index in [0.29, 0.717) is 6.10 Å². The van der Waals surface area contributed by atoms with Gasteiger partial charge in [0, 0.05) is 37.8 Å². The van der Waals surface area contributed by atoms with Crippen molar-refractivity contribution in [1.82, 2.24) is 10.2 Å². The van der Waals surface area contributed by atoms with E-state index in [-0.39, 0.29) is 11.9 Å². The molecule has 3 nitrogen and oxygen atoms in total. The van der Waals surface area contributed by atoms with Gasteiger partial charge >= 0.3 is 0 Å². The predicted molar refractivity (Wildman–Crippen MR) is 79.3 cm³/mol. The molecule has 0 aromatic heterocycles. The number of hydrogen-bond donors (Lipinski definition) is 1. The van der Waals surface area contributed by atoms with Crippen LogP contribution >= 0.6 is 0 Å². The molecule has 1 aromatic carbocycles. The Morgan fingerprint density at radius 3 is 2.65 bits per heavy atom. The summed E-state index contributed by atoms with van der Waals surface area (Å²) in [6.07, 6.45) is 2.54. The van der Waals surface area contributed by atoms with Gasteiger partial charge in [-0.1, -0.05) is 18.2 Å². The second-order valence-corrected chi connectivity index (χ2v) is 5.32. The van der Waals surface area contributed by atoms with Crippen LogP contribution in [0.4, 0.5) is 4.39 Å². The van der Waals surface area contributed by atoms with Crippen molar-refractivity contribution in [2.75, 3.05) is 33.3 Å². The molecule has 2 rings (SSSR count). The Bertz CT molecular complexity index is 405. The van der Waals surface area contributed by atoms with E-state index in [9.17, 15) is 4.39 Å². The van der Waals surface area contributed by atoms with Crippen molar-refractivity contribution in [3.8, 4) is 0 Å². The van der Waals surface area contributed by atoms with Crippen LogP contribution in [0.5, 0.6) is 0 Å². The Hall–Kier alpha value is -0.970. The van der Waals surface area contributed by atoms with Gasteiger partial charge in [0.1, 0.15) is 5.82 Å². The monoisotopic (exact) mass is 280 g/mol. The molecule has 112 valence electrons. The number of hydrogen-bond acceptors (Lipinski definition) is 3. The molecule has 1 heterocycles. The van der Waals surface area contributed by atoms with Gasteiger partial charge in [-0.05, 0) is 32.9 Å². The molecule has 0 saturated carbocycles. The summed E-state index contributed by atoms with van der Waals surface area (Å²) < 4.78 is 19.5. The fourth-order valence-corrected chi connectivity index (χ4v) is 2.86. The number of halogens is 1. The zero-order chi connectivity index (χ0) is 14.4. The normalized spacial score (nSPS) is 19.1. The van der Waals surface area contributed by atoms with Gasteiger partial charge in [-0.15, -0.1) is 0 Å². The lowest BCUT2D eigenvalue weighted by Gasteiger charge is -2.34. The highest BCUT2D eigenvalue weighted by molar-refractivity contribution is 5.21. The van der Waals surface area contributed by atoms with Gasteiger partial charge in [-0.3, -0.25) is 0 Å². The van der Waals surface area contributed by atoms with Crippen LogP contribution in [-0.2, 0) is 4.74 Å². The summed E-state index contributed by atoms with van der Waals surface area (Å²) in [5.41, 5.74) is 0.752. The highest BCUT2D eigenvalue weighted by Crippen LogP contribution is 2.20. The van der Waals surface area contributed by atoms with Gasteiger partial charge in [-0.2, -0.15) is 0 Å². The van der Waals surface area contributed by atoms with E-state index in [1.807, 2.05) is 26.1 Å². The second kappa shape index (κ2) is 7.72. The Kier molecular flexibility index (Phi) is 5.95. The first-order valence-electron chi connectivity index (χ1n) is 7.50. The van der Waals surface area contributed by atoms with E-state index in [0.717, 1.165) is 44.6 Å². The number of likely N-dealkylation sites (tertiary alicyclic amines) is 1. The van der Waals surface area contributed by atoms with Crippen molar-refractivity contribution in [3.05, 3.63) is 35.6 Å². The summed E-state index contributed by atoms with van der Waals surface area (Å²) in [5.74, 6) is -0.129. The highest BCUT2D eigenvalue weighted by Gasteiger charge is 2.23. The van der Waals surface area contributed by atoms with Crippen LogP contribution in [0.25, 0.3) is 0 Å². The maximum Gasteiger partial charge on any atom is 0.128 e. The Labute approximate surface area is 121 Å². The van der Waals surface area contributed by atoms with Gasteiger partial charge in [0.15, 0.2) is 0 Å². The number of piperidine rings is 1. The van der Waals surface area contributed by atoms with Crippen LogP contribution in [0.15, 0.2) is 24.3 Å². The third kappa shape index (κ3) is 4.01. The number of nitrogens with zero attached hydrogens (tertiary/aromatic N) is 1. The van der Waals surface area contributed by atoms with Crippen LogP contribution in [0.3, 0.4) is 0 Å². The molecule has 0 amide bonds. The Morgan fingerprint density at radius 2 is 2.05 bits per heavy atom. The van der Waals surface area contributed by atoms with Crippen molar-refractivity contribution in [3.63, 3.8) is 0 Å². The lowest BCUT2D eigenvalue weighted by molar-refractivity contribution is 0.0124. The number of likely N-dealkylation sites (N-methyl/N-ethyl adjacent to an activating group) is 1. The minimum Gasteiger partial charge on any atom is -0.378 e. The van der Waals surface area contributed by atoms with E-state index in [1.54, 1.807) is 6.07 Å². The molecular formula is C16H25FN2O. The fourth-order valence-electron chi connectivity index (χ4n) is 2.86. The molecule has 1 aliphatic heterocycles. The zero-order valence-electron chi connectivity index (χ0n) is 12.4. The average Bonchev–Trinajstić information content (AvgIpc) is 2.48. The first kappa shape index (κ1) is 15.4. The number of rotatable bonds is 6. The number of ether oxygens (including phenoxy) is 1.